The van der Waals surface area contributed by atoms with Gasteiger partial charge in [-0.05, 0) is 24.8 Å². The van der Waals surface area contributed by atoms with Gasteiger partial charge in [0.15, 0.2) is 0 Å². The van der Waals surface area contributed by atoms with E-state index in [0.29, 0.717) is 30.8 Å². The van der Waals surface area contributed by atoms with Crippen LogP contribution in [0, 0.1) is 5.92 Å². The molecule has 136 valence electrons. The number of methoxy groups -OCH3 is 1. The summed E-state index contributed by atoms with van der Waals surface area (Å²) in [5, 5.41) is 9.16. The Bertz CT molecular complexity index is 811. The molecule has 0 unspecified atom stereocenters. The summed E-state index contributed by atoms with van der Waals surface area (Å²) >= 11 is 0. The minimum Gasteiger partial charge on any atom is -0.478 e. The molecule has 1 N–H and O–H groups in total. The minimum atomic E-state index is -1.03. The van der Waals surface area contributed by atoms with E-state index < -0.39 is 5.97 Å². The summed E-state index contributed by atoms with van der Waals surface area (Å²) in [6.07, 6.45) is 7.64. The predicted molar refractivity (Wildman–Crippen MR) is 92.5 cm³/mol. The molecule has 2 aromatic rings. The Labute approximate surface area is 150 Å². The van der Waals surface area contributed by atoms with Crippen LogP contribution < -0.4 is 0 Å². The summed E-state index contributed by atoms with van der Waals surface area (Å²) in [6, 6.07) is 1.55. The SMILES string of the molecule is COCC(=O)N1CC[C@H](Cc2nccnc2-c2cncc(C(=O)O)c2)C1. The molecule has 3 rings (SSSR count). The van der Waals surface area contributed by atoms with Gasteiger partial charge in [0, 0.05) is 50.6 Å². The molecule has 3 heterocycles. The summed E-state index contributed by atoms with van der Waals surface area (Å²) < 4.78 is 4.91. The number of hydrogen-bond donors (Lipinski definition) is 1. The Morgan fingerprint density at radius 2 is 2.12 bits per heavy atom. The normalized spacial score (nSPS) is 16.7. The molecule has 2 aromatic heterocycles. The van der Waals surface area contributed by atoms with Gasteiger partial charge < -0.3 is 14.7 Å². The summed E-state index contributed by atoms with van der Waals surface area (Å²) in [5.74, 6) is -0.762. The van der Waals surface area contributed by atoms with Gasteiger partial charge in [-0.1, -0.05) is 0 Å². The van der Waals surface area contributed by atoms with Gasteiger partial charge in [0.2, 0.25) is 5.91 Å². The van der Waals surface area contributed by atoms with Crippen LogP contribution in [0.3, 0.4) is 0 Å². The number of carboxylic acid groups (broad SMARTS) is 1. The van der Waals surface area contributed by atoms with Gasteiger partial charge in [-0.3, -0.25) is 19.7 Å². The molecule has 1 amide bonds. The first-order valence-electron chi connectivity index (χ1n) is 8.33. The van der Waals surface area contributed by atoms with E-state index in [1.165, 1.54) is 13.3 Å². The summed E-state index contributed by atoms with van der Waals surface area (Å²) in [7, 11) is 1.51. The maximum atomic E-state index is 11.9. The third-order valence-corrected chi connectivity index (χ3v) is 4.42. The summed E-state index contributed by atoms with van der Waals surface area (Å²) in [6.45, 7) is 1.46. The van der Waals surface area contributed by atoms with Gasteiger partial charge in [0.1, 0.15) is 6.61 Å². The molecule has 8 nitrogen and oxygen atoms in total. The molecule has 1 atom stereocenters. The standard InChI is InChI=1S/C18H20N4O4/c1-26-11-16(23)22-5-2-12(10-22)6-15-17(21-4-3-20-15)13-7-14(18(24)25)9-19-8-13/h3-4,7-9,12H,2,5-6,10-11H2,1H3,(H,24,25)/t12-/m1/s1. The van der Waals surface area contributed by atoms with Crippen LogP contribution in [-0.4, -0.2) is 63.6 Å². The van der Waals surface area contributed by atoms with Gasteiger partial charge in [0.05, 0.1) is 17.0 Å². The van der Waals surface area contributed by atoms with Crippen molar-refractivity contribution >= 4 is 11.9 Å². The Kier molecular flexibility index (Phi) is 5.52. The maximum Gasteiger partial charge on any atom is 0.337 e. The predicted octanol–water partition coefficient (Wildman–Crippen LogP) is 1.27. The van der Waals surface area contributed by atoms with Crippen molar-refractivity contribution in [3.8, 4) is 11.3 Å². The van der Waals surface area contributed by atoms with E-state index in [9.17, 15) is 9.59 Å². The van der Waals surface area contributed by atoms with E-state index in [-0.39, 0.29) is 24.0 Å². The number of rotatable bonds is 6. The van der Waals surface area contributed by atoms with Crippen molar-refractivity contribution in [1.82, 2.24) is 19.9 Å². The Hall–Kier alpha value is -2.87. The third kappa shape index (κ3) is 4.02. The van der Waals surface area contributed by atoms with Crippen LogP contribution in [0.1, 0.15) is 22.5 Å². The molecule has 8 heteroatoms. The zero-order valence-electron chi connectivity index (χ0n) is 14.5. The zero-order chi connectivity index (χ0) is 18.5. The smallest absolute Gasteiger partial charge is 0.337 e. The first-order chi connectivity index (χ1) is 12.6. The largest absolute Gasteiger partial charge is 0.478 e. The lowest BCUT2D eigenvalue weighted by Crippen LogP contribution is -2.31. The lowest BCUT2D eigenvalue weighted by molar-refractivity contribution is -0.134. The van der Waals surface area contributed by atoms with Crippen molar-refractivity contribution in [2.24, 2.45) is 5.92 Å². The molecule has 26 heavy (non-hydrogen) atoms. The van der Waals surface area contributed by atoms with Crippen LogP contribution in [0.2, 0.25) is 0 Å². The number of carbonyl (C=O) groups excluding carboxylic acids is 1. The molecule has 0 bridgehead atoms. The number of nitrogens with zero attached hydrogens (tertiary/aromatic N) is 4. The molecule has 0 aliphatic carbocycles. The molecular formula is C18H20N4O4. The molecule has 0 spiro atoms. The van der Waals surface area contributed by atoms with Crippen LogP contribution in [-0.2, 0) is 16.0 Å². The van der Waals surface area contributed by atoms with Crippen molar-refractivity contribution in [3.05, 3.63) is 42.1 Å². The van der Waals surface area contributed by atoms with Crippen molar-refractivity contribution in [3.63, 3.8) is 0 Å². The number of hydrogen-bond acceptors (Lipinski definition) is 6. The quantitative estimate of drug-likeness (QED) is 0.831. The second-order valence-electron chi connectivity index (χ2n) is 6.25. The number of pyridine rings is 1. The number of aromatic nitrogens is 3. The van der Waals surface area contributed by atoms with Crippen molar-refractivity contribution in [2.75, 3.05) is 26.8 Å². The monoisotopic (exact) mass is 356 g/mol. The molecule has 1 fully saturated rings. The van der Waals surface area contributed by atoms with E-state index >= 15 is 0 Å². The van der Waals surface area contributed by atoms with Crippen molar-refractivity contribution in [1.29, 1.82) is 0 Å². The van der Waals surface area contributed by atoms with Crippen LogP contribution >= 0.6 is 0 Å². The molecule has 0 saturated carbocycles. The second-order valence-corrected chi connectivity index (χ2v) is 6.25. The number of aromatic carboxylic acids is 1. The van der Waals surface area contributed by atoms with Gasteiger partial charge in [-0.15, -0.1) is 0 Å². The fraction of sp³-hybridized carbons (Fsp3) is 0.389. The highest BCUT2D eigenvalue weighted by molar-refractivity contribution is 5.88. The van der Waals surface area contributed by atoms with Gasteiger partial charge in [-0.2, -0.15) is 0 Å². The van der Waals surface area contributed by atoms with Gasteiger partial charge in [-0.25, -0.2) is 4.79 Å². The average molecular weight is 356 g/mol. The lowest BCUT2D eigenvalue weighted by atomic mass is 9.99. The van der Waals surface area contributed by atoms with Crippen molar-refractivity contribution < 1.29 is 19.4 Å². The highest BCUT2D eigenvalue weighted by Crippen LogP contribution is 2.26. The molecule has 1 aliphatic heterocycles. The first-order valence-corrected chi connectivity index (χ1v) is 8.33. The summed E-state index contributed by atoms with van der Waals surface area (Å²) in [5.41, 5.74) is 2.14. The highest BCUT2D eigenvalue weighted by atomic mass is 16.5. The van der Waals surface area contributed by atoms with E-state index in [0.717, 1.165) is 12.1 Å². The third-order valence-electron chi connectivity index (χ3n) is 4.42. The van der Waals surface area contributed by atoms with E-state index in [1.54, 1.807) is 29.6 Å². The summed E-state index contributed by atoms with van der Waals surface area (Å²) in [4.78, 5) is 37.7. The molecule has 1 saturated heterocycles. The first kappa shape index (κ1) is 17.9. The number of carbonyl (C=O) groups is 2. The lowest BCUT2D eigenvalue weighted by Gasteiger charge is -2.16. The van der Waals surface area contributed by atoms with E-state index in [1.807, 2.05) is 0 Å². The second kappa shape index (κ2) is 8.01. The fourth-order valence-electron chi connectivity index (χ4n) is 3.16. The molecule has 0 radical (unpaired) electrons. The Morgan fingerprint density at radius 1 is 1.31 bits per heavy atom. The number of ether oxygens (including phenoxy) is 1. The highest BCUT2D eigenvalue weighted by Gasteiger charge is 2.27. The van der Waals surface area contributed by atoms with E-state index in [2.05, 4.69) is 15.0 Å². The zero-order valence-corrected chi connectivity index (χ0v) is 14.5. The van der Waals surface area contributed by atoms with Gasteiger partial charge in [0.25, 0.3) is 0 Å². The number of carboxylic acids is 1. The van der Waals surface area contributed by atoms with Crippen LogP contribution in [0.4, 0.5) is 0 Å². The number of amides is 1. The number of likely N-dealkylation sites (tertiary alicyclic amines) is 1. The molecule has 1 aliphatic rings. The topological polar surface area (TPSA) is 106 Å². The van der Waals surface area contributed by atoms with Crippen LogP contribution in [0.15, 0.2) is 30.9 Å². The Balaban J connectivity index is 1.77. The van der Waals surface area contributed by atoms with Crippen molar-refractivity contribution in [2.45, 2.75) is 12.8 Å². The van der Waals surface area contributed by atoms with E-state index in [4.69, 9.17) is 9.84 Å². The molecular weight excluding hydrogens is 336 g/mol. The Morgan fingerprint density at radius 3 is 2.88 bits per heavy atom. The minimum absolute atomic E-state index is 0.00673. The van der Waals surface area contributed by atoms with Crippen LogP contribution in [0.5, 0.6) is 0 Å². The maximum absolute atomic E-state index is 11.9. The fourth-order valence-corrected chi connectivity index (χ4v) is 3.16. The molecule has 0 aromatic carbocycles. The average Bonchev–Trinajstić information content (AvgIpc) is 3.11. The van der Waals surface area contributed by atoms with Gasteiger partial charge >= 0.3 is 5.97 Å². The van der Waals surface area contributed by atoms with Crippen LogP contribution in [0.25, 0.3) is 11.3 Å².